The monoisotopic (exact) mass is 271 g/mol. The highest BCUT2D eigenvalue weighted by Gasteiger charge is 2.39. The van der Waals surface area contributed by atoms with Crippen molar-refractivity contribution < 1.29 is 13.2 Å². The van der Waals surface area contributed by atoms with Gasteiger partial charge < -0.3 is 5.73 Å². The number of nitrogens with two attached hydrogens (primary N) is 1. The third-order valence-corrected chi connectivity index (χ3v) is 4.41. The van der Waals surface area contributed by atoms with Crippen LogP contribution in [0.3, 0.4) is 0 Å². The Bertz CT molecular complexity index is 455. The van der Waals surface area contributed by atoms with Crippen LogP contribution in [0.5, 0.6) is 0 Å². The van der Waals surface area contributed by atoms with E-state index in [-0.39, 0.29) is 5.92 Å². The van der Waals surface area contributed by atoms with Crippen molar-refractivity contribution in [3.05, 3.63) is 35.4 Å². The van der Waals surface area contributed by atoms with Gasteiger partial charge in [0.2, 0.25) is 0 Å². The molecule has 1 fully saturated rings. The molecule has 0 saturated heterocycles. The van der Waals surface area contributed by atoms with Gasteiger partial charge >= 0.3 is 6.18 Å². The fourth-order valence-electron chi connectivity index (χ4n) is 3.08. The van der Waals surface area contributed by atoms with Crippen molar-refractivity contribution in [2.24, 2.45) is 17.6 Å². The lowest BCUT2D eigenvalue weighted by molar-refractivity contribution is -0.137. The molecule has 0 amide bonds. The van der Waals surface area contributed by atoms with E-state index in [0.717, 1.165) is 25.3 Å². The molecule has 1 aromatic carbocycles. The number of rotatable bonds is 1. The average Bonchev–Trinajstić information content (AvgIpc) is 2.33. The normalized spacial score (nSPS) is 32.3. The number of hydrogen-bond donors (Lipinski definition) is 1. The topological polar surface area (TPSA) is 26.0 Å². The summed E-state index contributed by atoms with van der Waals surface area (Å²) in [5.74, 6) is 0.789. The average molecular weight is 271 g/mol. The van der Waals surface area contributed by atoms with E-state index >= 15 is 0 Å². The highest BCUT2D eigenvalue weighted by Crippen LogP contribution is 2.42. The highest BCUT2D eigenvalue weighted by molar-refractivity contribution is 5.32. The second-order valence-corrected chi connectivity index (χ2v) is 5.90. The first-order chi connectivity index (χ1) is 8.73. The van der Waals surface area contributed by atoms with Gasteiger partial charge in [0.05, 0.1) is 5.56 Å². The summed E-state index contributed by atoms with van der Waals surface area (Å²) in [7, 11) is 0. The van der Waals surface area contributed by atoms with Gasteiger partial charge in [-0.15, -0.1) is 0 Å². The lowest BCUT2D eigenvalue weighted by Gasteiger charge is -2.42. The van der Waals surface area contributed by atoms with Gasteiger partial charge in [-0.2, -0.15) is 13.2 Å². The molecule has 0 aliphatic heterocycles. The van der Waals surface area contributed by atoms with Gasteiger partial charge in [-0.25, -0.2) is 0 Å². The smallest absolute Gasteiger partial charge is 0.321 e. The summed E-state index contributed by atoms with van der Waals surface area (Å²) in [6.45, 7) is 4.21. The molecule has 4 heteroatoms. The van der Waals surface area contributed by atoms with Crippen LogP contribution in [0, 0.1) is 11.8 Å². The van der Waals surface area contributed by atoms with Gasteiger partial charge in [0.25, 0.3) is 0 Å². The minimum atomic E-state index is -4.31. The molecule has 3 atom stereocenters. The van der Waals surface area contributed by atoms with E-state index in [2.05, 4.69) is 6.92 Å². The Kier molecular flexibility index (Phi) is 3.65. The molecule has 1 aliphatic rings. The fraction of sp³-hybridized carbons (Fsp3) is 0.600. The van der Waals surface area contributed by atoms with Crippen LogP contribution in [0.4, 0.5) is 13.2 Å². The number of alkyl halides is 3. The summed E-state index contributed by atoms with van der Waals surface area (Å²) in [4.78, 5) is 0. The maximum Gasteiger partial charge on any atom is 0.416 e. The minimum absolute atomic E-state index is 0.194. The van der Waals surface area contributed by atoms with Crippen molar-refractivity contribution in [2.45, 2.75) is 44.8 Å². The van der Waals surface area contributed by atoms with Gasteiger partial charge in [0, 0.05) is 5.54 Å². The Morgan fingerprint density at radius 1 is 1.26 bits per heavy atom. The molecule has 0 radical (unpaired) electrons. The van der Waals surface area contributed by atoms with Crippen LogP contribution < -0.4 is 5.73 Å². The second kappa shape index (κ2) is 4.82. The summed E-state index contributed by atoms with van der Waals surface area (Å²) in [6.07, 6.45) is -1.63. The van der Waals surface area contributed by atoms with E-state index in [9.17, 15) is 13.2 Å². The standard InChI is InChI=1S/C15H20F3N/c1-10-6-7-14(19,11(2)8-10)12-4-3-5-13(9-12)15(16,17)18/h3-5,9-11H,6-8,19H2,1-2H3. The van der Waals surface area contributed by atoms with Gasteiger partial charge in [0.15, 0.2) is 0 Å². The van der Waals surface area contributed by atoms with Crippen LogP contribution in [-0.4, -0.2) is 0 Å². The first-order valence-corrected chi connectivity index (χ1v) is 6.70. The van der Waals surface area contributed by atoms with Crippen molar-refractivity contribution in [1.29, 1.82) is 0 Å². The summed E-state index contributed by atoms with van der Waals surface area (Å²) < 4.78 is 38.3. The molecule has 106 valence electrons. The molecule has 2 rings (SSSR count). The van der Waals surface area contributed by atoms with Gasteiger partial charge in [-0.1, -0.05) is 26.0 Å². The van der Waals surface area contributed by atoms with E-state index in [1.54, 1.807) is 6.07 Å². The summed E-state index contributed by atoms with van der Waals surface area (Å²) >= 11 is 0. The lowest BCUT2D eigenvalue weighted by Crippen LogP contribution is -2.46. The number of benzene rings is 1. The Morgan fingerprint density at radius 3 is 2.53 bits per heavy atom. The lowest BCUT2D eigenvalue weighted by atomic mass is 9.67. The molecule has 0 aromatic heterocycles. The molecule has 19 heavy (non-hydrogen) atoms. The van der Waals surface area contributed by atoms with Crippen LogP contribution in [0.25, 0.3) is 0 Å². The molecule has 0 bridgehead atoms. The van der Waals surface area contributed by atoms with Crippen molar-refractivity contribution in [2.75, 3.05) is 0 Å². The zero-order valence-electron chi connectivity index (χ0n) is 11.3. The third-order valence-electron chi connectivity index (χ3n) is 4.41. The van der Waals surface area contributed by atoms with Crippen molar-refractivity contribution >= 4 is 0 Å². The van der Waals surface area contributed by atoms with Gasteiger partial charge in [-0.3, -0.25) is 0 Å². The first kappa shape index (κ1) is 14.4. The predicted octanol–water partition coefficient (Wildman–Crippen LogP) is 4.32. The van der Waals surface area contributed by atoms with E-state index < -0.39 is 17.3 Å². The maximum absolute atomic E-state index is 12.8. The predicted molar refractivity (Wildman–Crippen MR) is 69.5 cm³/mol. The highest BCUT2D eigenvalue weighted by atomic mass is 19.4. The SMILES string of the molecule is CC1CCC(N)(c2cccc(C(F)(F)F)c2)C(C)C1. The van der Waals surface area contributed by atoms with Gasteiger partial charge in [-0.05, 0) is 48.8 Å². The molecule has 1 aliphatic carbocycles. The zero-order chi connectivity index (χ0) is 14.3. The Hall–Kier alpha value is -1.03. The first-order valence-electron chi connectivity index (χ1n) is 6.70. The molecular weight excluding hydrogens is 251 g/mol. The Labute approximate surface area is 112 Å². The Morgan fingerprint density at radius 2 is 1.95 bits per heavy atom. The Balaban J connectivity index is 2.36. The maximum atomic E-state index is 12.8. The molecule has 0 heterocycles. The minimum Gasteiger partial charge on any atom is -0.321 e. The van der Waals surface area contributed by atoms with Crippen molar-refractivity contribution in [3.63, 3.8) is 0 Å². The zero-order valence-corrected chi connectivity index (χ0v) is 11.3. The molecule has 3 unspecified atom stereocenters. The van der Waals surface area contributed by atoms with Crippen molar-refractivity contribution in [3.8, 4) is 0 Å². The molecule has 0 spiro atoms. The quantitative estimate of drug-likeness (QED) is 0.809. The summed E-state index contributed by atoms with van der Waals surface area (Å²) in [6, 6.07) is 5.49. The van der Waals surface area contributed by atoms with E-state index in [1.807, 2.05) is 6.92 Å². The molecule has 1 nitrogen and oxygen atoms in total. The third kappa shape index (κ3) is 2.78. The molecular formula is C15H20F3N. The van der Waals surface area contributed by atoms with Gasteiger partial charge in [0.1, 0.15) is 0 Å². The fourth-order valence-corrected chi connectivity index (χ4v) is 3.08. The molecule has 2 N–H and O–H groups in total. The van der Waals surface area contributed by atoms with E-state index in [4.69, 9.17) is 5.73 Å². The molecule has 1 aromatic rings. The summed E-state index contributed by atoms with van der Waals surface area (Å²) in [5, 5.41) is 0. The van der Waals surface area contributed by atoms with Crippen molar-refractivity contribution in [1.82, 2.24) is 0 Å². The number of hydrogen-bond acceptors (Lipinski definition) is 1. The van der Waals surface area contributed by atoms with E-state index in [0.29, 0.717) is 11.5 Å². The summed E-state index contributed by atoms with van der Waals surface area (Å²) in [5.41, 5.74) is 5.80. The van der Waals surface area contributed by atoms with Crippen LogP contribution >= 0.6 is 0 Å². The second-order valence-electron chi connectivity index (χ2n) is 5.90. The number of halogens is 3. The van der Waals surface area contributed by atoms with E-state index in [1.165, 1.54) is 12.1 Å². The van der Waals surface area contributed by atoms with Crippen LogP contribution in [0.15, 0.2) is 24.3 Å². The van der Waals surface area contributed by atoms with Crippen LogP contribution in [-0.2, 0) is 11.7 Å². The van der Waals surface area contributed by atoms with Crippen LogP contribution in [0.2, 0.25) is 0 Å². The molecule has 1 saturated carbocycles. The van der Waals surface area contributed by atoms with Crippen LogP contribution in [0.1, 0.15) is 44.2 Å². The largest absolute Gasteiger partial charge is 0.416 e.